The van der Waals surface area contributed by atoms with Crippen molar-refractivity contribution in [2.75, 3.05) is 27.4 Å². The molecule has 1 N–H and O–H groups in total. The van der Waals surface area contributed by atoms with E-state index in [1.165, 1.54) is 0 Å². The number of benzene rings is 1. The maximum atomic E-state index is 11.9. The Morgan fingerprint density at radius 2 is 2.25 bits per heavy atom. The highest BCUT2D eigenvalue weighted by Gasteiger charge is 2.29. The fourth-order valence-corrected chi connectivity index (χ4v) is 1.95. The molecule has 1 aliphatic heterocycles. The number of para-hydroxylation sites is 1. The Hall–Kier alpha value is -2.08. The molecule has 1 heterocycles. The average molecular weight is 278 g/mol. The van der Waals surface area contributed by atoms with Gasteiger partial charge in [0.05, 0.1) is 19.4 Å². The van der Waals surface area contributed by atoms with E-state index >= 15 is 0 Å². The van der Waals surface area contributed by atoms with Gasteiger partial charge in [-0.05, 0) is 12.1 Å². The molecule has 6 heteroatoms. The van der Waals surface area contributed by atoms with E-state index in [0.29, 0.717) is 25.3 Å². The van der Waals surface area contributed by atoms with Gasteiger partial charge in [0.25, 0.3) is 5.91 Å². The molecule has 0 aliphatic carbocycles. The number of hydrogen-bond donors (Lipinski definition) is 1. The molecule has 0 radical (unpaired) electrons. The predicted octanol–water partition coefficient (Wildman–Crippen LogP) is 0.951. The Morgan fingerprint density at radius 3 is 3.00 bits per heavy atom. The first-order valence-electron chi connectivity index (χ1n) is 6.39. The summed E-state index contributed by atoms with van der Waals surface area (Å²) in [4.78, 5) is 17.0. The van der Waals surface area contributed by atoms with Crippen molar-refractivity contribution >= 4 is 11.6 Å². The number of hydrogen-bond acceptors (Lipinski definition) is 5. The third kappa shape index (κ3) is 3.27. The van der Waals surface area contributed by atoms with Gasteiger partial charge >= 0.3 is 0 Å². The van der Waals surface area contributed by atoms with Crippen LogP contribution in [0.1, 0.15) is 12.0 Å². The molecule has 0 aromatic heterocycles. The molecule has 108 valence electrons. The summed E-state index contributed by atoms with van der Waals surface area (Å²) in [6.45, 7) is 0.928. The van der Waals surface area contributed by atoms with Crippen LogP contribution >= 0.6 is 0 Å². The maximum absolute atomic E-state index is 11.9. The lowest BCUT2D eigenvalue weighted by atomic mass is 10.0. The Kier molecular flexibility index (Phi) is 4.95. The summed E-state index contributed by atoms with van der Waals surface area (Å²) in [6.07, 6.45) is -0.161. The van der Waals surface area contributed by atoms with Crippen molar-refractivity contribution in [3.8, 4) is 5.75 Å². The third-order valence-electron chi connectivity index (χ3n) is 2.98. The van der Waals surface area contributed by atoms with Crippen LogP contribution in [-0.2, 0) is 14.4 Å². The normalized spacial score (nSPS) is 17.3. The van der Waals surface area contributed by atoms with Crippen LogP contribution in [0.4, 0.5) is 0 Å². The van der Waals surface area contributed by atoms with E-state index < -0.39 is 6.10 Å². The van der Waals surface area contributed by atoms with Crippen LogP contribution in [0.2, 0.25) is 0 Å². The second-order valence-electron chi connectivity index (χ2n) is 4.32. The molecule has 1 aromatic carbocycles. The van der Waals surface area contributed by atoms with E-state index in [9.17, 15) is 4.79 Å². The van der Waals surface area contributed by atoms with Crippen LogP contribution < -0.4 is 10.1 Å². The number of ether oxygens (including phenoxy) is 2. The van der Waals surface area contributed by atoms with Gasteiger partial charge in [-0.3, -0.25) is 4.79 Å². The monoisotopic (exact) mass is 278 g/mol. The Bertz CT molecular complexity index is 502. The first-order chi connectivity index (χ1) is 9.76. The van der Waals surface area contributed by atoms with Gasteiger partial charge in [0.15, 0.2) is 0 Å². The largest absolute Gasteiger partial charge is 0.496 e. The van der Waals surface area contributed by atoms with Crippen LogP contribution in [0.5, 0.6) is 5.75 Å². The quantitative estimate of drug-likeness (QED) is 0.787. The predicted molar refractivity (Wildman–Crippen MR) is 73.9 cm³/mol. The minimum atomic E-state index is -0.591. The number of carbonyl (C=O) groups excluding carboxylic acids is 1. The van der Waals surface area contributed by atoms with Crippen molar-refractivity contribution in [1.82, 2.24) is 5.32 Å². The highest BCUT2D eigenvalue weighted by Crippen LogP contribution is 2.24. The summed E-state index contributed by atoms with van der Waals surface area (Å²) in [5.74, 6) is 0.533. The summed E-state index contributed by atoms with van der Waals surface area (Å²) in [7, 11) is 3.19. The van der Waals surface area contributed by atoms with E-state index in [1.807, 2.05) is 24.3 Å². The van der Waals surface area contributed by atoms with Gasteiger partial charge in [-0.15, -0.1) is 0 Å². The SMILES string of the molecule is COCCNC(=O)[C@H]1CC(c2ccccc2OC)=NO1. The molecule has 1 atom stereocenters. The van der Waals surface area contributed by atoms with E-state index in [1.54, 1.807) is 14.2 Å². The maximum Gasteiger partial charge on any atom is 0.264 e. The molecule has 20 heavy (non-hydrogen) atoms. The number of carbonyl (C=O) groups is 1. The second-order valence-corrected chi connectivity index (χ2v) is 4.32. The molecule has 0 saturated carbocycles. The third-order valence-corrected chi connectivity index (χ3v) is 2.98. The molecule has 0 saturated heterocycles. The number of methoxy groups -OCH3 is 2. The van der Waals surface area contributed by atoms with Gasteiger partial charge in [0.1, 0.15) is 5.75 Å². The Morgan fingerprint density at radius 1 is 1.45 bits per heavy atom. The minimum Gasteiger partial charge on any atom is -0.496 e. The summed E-state index contributed by atoms with van der Waals surface area (Å²) in [5, 5.41) is 6.72. The standard InChI is InChI=1S/C14H18N2O4/c1-18-8-7-15-14(17)13-9-11(16-20-13)10-5-3-4-6-12(10)19-2/h3-6,13H,7-9H2,1-2H3,(H,15,17)/t13-/m1/s1. The fourth-order valence-electron chi connectivity index (χ4n) is 1.95. The molecule has 0 unspecified atom stereocenters. The van der Waals surface area contributed by atoms with E-state index in [2.05, 4.69) is 10.5 Å². The van der Waals surface area contributed by atoms with E-state index in [0.717, 1.165) is 11.3 Å². The summed E-state index contributed by atoms with van der Waals surface area (Å²) < 4.78 is 10.2. The first kappa shape index (κ1) is 14.3. The van der Waals surface area contributed by atoms with Crippen LogP contribution in [-0.4, -0.2) is 45.1 Å². The van der Waals surface area contributed by atoms with Crippen molar-refractivity contribution in [3.63, 3.8) is 0 Å². The van der Waals surface area contributed by atoms with Gasteiger partial charge in [0.2, 0.25) is 6.10 Å². The van der Waals surface area contributed by atoms with Gasteiger partial charge in [-0.25, -0.2) is 0 Å². The molecular weight excluding hydrogens is 260 g/mol. The lowest BCUT2D eigenvalue weighted by Crippen LogP contribution is -2.36. The zero-order valence-corrected chi connectivity index (χ0v) is 11.6. The molecule has 0 fully saturated rings. The number of amides is 1. The second kappa shape index (κ2) is 6.91. The summed E-state index contributed by atoms with van der Waals surface area (Å²) in [5.41, 5.74) is 1.57. The van der Waals surface area contributed by atoms with Crippen molar-refractivity contribution in [2.24, 2.45) is 5.16 Å². The minimum absolute atomic E-state index is 0.185. The average Bonchev–Trinajstić information content (AvgIpc) is 2.97. The molecule has 2 rings (SSSR count). The van der Waals surface area contributed by atoms with Crippen molar-refractivity contribution in [3.05, 3.63) is 29.8 Å². The van der Waals surface area contributed by atoms with Crippen molar-refractivity contribution < 1.29 is 19.1 Å². The van der Waals surface area contributed by atoms with Crippen molar-refractivity contribution in [2.45, 2.75) is 12.5 Å². The summed E-state index contributed by atoms with van der Waals surface area (Å²) >= 11 is 0. The molecule has 0 spiro atoms. The van der Waals surface area contributed by atoms with Crippen LogP contribution in [0.25, 0.3) is 0 Å². The zero-order valence-electron chi connectivity index (χ0n) is 11.6. The first-order valence-corrected chi connectivity index (χ1v) is 6.39. The molecule has 0 bridgehead atoms. The molecule has 1 amide bonds. The van der Waals surface area contributed by atoms with Gasteiger partial charge in [-0.1, -0.05) is 17.3 Å². The van der Waals surface area contributed by atoms with Crippen molar-refractivity contribution in [1.29, 1.82) is 0 Å². The molecule has 1 aromatic rings. The molecule has 1 aliphatic rings. The number of nitrogens with zero attached hydrogens (tertiary/aromatic N) is 1. The zero-order chi connectivity index (χ0) is 14.4. The van der Waals surface area contributed by atoms with Crippen LogP contribution in [0.15, 0.2) is 29.4 Å². The smallest absolute Gasteiger partial charge is 0.264 e. The van der Waals surface area contributed by atoms with Gasteiger partial charge in [-0.2, -0.15) is 0 Å². The van der Waals surface area contributed by atoms with Crippen LogP contribution in [0.3, 0.4) is 0 Å². The van der Waals surface area contributed by atoms with Crippen LogP contribution in [0, 0.1) is 0 Å². The number of rotatable bonds is 6. The Labute approximate surface area is 117 Å². The molecular formula is C14H18N2O4. The number of oxime groups is 1. The Balaban J connectivity index is 1.96. The highest BCUT2D eigenvalue weighted by molar-refractivity contribution is 6.05. The summed E-state index contributed by atoms with van der Waals surface area (Å²) in [6, 6.07) is 7.52. The fraction of sp³-hybridized carbons (Fsp3) is 0.429. The van der Waals surface area contributed by atoms with Gasteiger partial charge < -0.3 is 19.6 Å². The molecule has 6 nitrogen and oxygen atoms in total. The van der Waals surface area contributed by atoms with E-state index in [-0.39, 0.29) is 5.91 Å². The van der Waals surface area contributed by atoms with E-state index in [4.69, 9.17) is 14.3 Å². The highest BCUT2D eigenvalue weighted by atomic mass is 16.6. The van der Waals surface area contributed by atoms with Gasteiger partial charge in [0, 0.05) is 25.6 Å². The lowest BCUT2D eigenvalue weighted by Gasteiger charge is -2.09. The number of nitrogens with one attached hydrogen (secondary N) is 1. The lowest BCUT2D eigenvalue weighted by molar-refractivity contribution is -0.131. The topological polar surface area (TPSA) is 69.2 Å².